The first-order valence-corrected chi connectivity index (χ1v) is 12.0. The first-order chi connectivity index (χ1) is 16.3. The number of rotatable bonds is 22. The number of aliphatic carboxylic acids is 2. The molecule has 10 heteroatoms. The van der Waals surface area contributed by atoms with Crippen molar-refractivity contribution in [3.63, 3.8) is 0 Å². The van der Waals surface area contributed by atoms with E-state index in [1.807, 2.05) is 0 Å². The zero-order valence-corrected chi connectivity index (χ0v) is 20.5. The molecule has 0 heterocycles. The minimum Gasteiger partial charge on any atom is -0.478 e. The molecule has 0 unspecified atom stereocenters. The minimum atomic E-state index is -1.62. The lowest BCUT2D eigenvalue weighted by Crippen LogP contribution is -2.20. The second-order valence-electron chi connectivity index (χ2n) is 7.71. The molecule has 0 saturated heterocycles. The molecule has 0 aromatic carbocycles. The minimum absolute atomic E-state index is 0.0810. The Morgan fingerprint density at radius 3 is 1.24 bits per heavy atom. The maximum Gasteiger partial charge on any atom is 0.332 e. The average molecular weight is 489 g/mol. The number of ether oxygens (including phenoxy) is 4. The highest BCUT2D eigenvalue weighted by Gasteiger charge is 2.26. The fourth-order valence-electron chi connectivity index (χ4n) is 2.91. The van der Waals surface area contributed by atoms with E-state index in [2.05, 4.69) is 13.8 Å². The topological polar surface area (TPSA) is 146 Å². The Labute approximate surface area is 201 Å². The van der Waals surface area contributed by atoms with Crippen LogP contribution >= 0.6 is 0 Å². The summed E-state index contributed by atoms with van der Waals surface area (Å²) in [6.07, 6.45) is 6.79. The van der Waals surface area contributed by atoms with Crippen LogP contribution in [0.5, 0.6) is 0 Å². The van der Waals surface area contributed by atoms with E-state index in [4.69, 9.17) is 18.9 Å². The largest absolute Gasteiger partial charge is 0.478 e. The summed E-state index contributed by atoms with van der Waals surface area (Å²) in [6, 6.07) is 0. The van der Waals surface area contributed by atoms with Gasteiger partial charge < -0.3 is 29.2 Å². The summed E-state index contributed by atoms with van der Waals surface area (Å²) in [5.74, 6) is -5.08. The zero-order chi connectivity index (χ0) is 25.6. The summed E-state index contributed by atoms with van der Waals surface area (Å²) in [4.78, 5) is 47.1. The predicted octanol–water partition coefficient (Wildman–Crippen LogP) is 3.51. The second kappa shape index (κ2) is 21.1. The molecule has 0 aromatic rings. The van der Waals surface area contributed by atoms with Crippen LogP contribution in [0.4, 0.5) is 0 Å². The standard InChI is InChI=1S/C24H40O10/c1-3-5-7-9-11-31-13-15-33-21(25)17-19(23(27)28)20(24(29)30)18-22(26)34-16-14-32-12-10-8-6-4-2/h3-18H2,1-2H3,(H,27,28)(H,29,30). The van der Waals surface area contributed by atoms with Gasteiger partial charge in [0.2, 0.25) is 0 Å². The zero-order valence-electron chi connectivity index (χ0n) is 20.5. The molecule has 196 valence electrons. The molecule has 0 atom stereocenters. The van der Waals surface area contributed by atoms with Gasteiger partial charge >= 0.3 is 23.9 Å². The third-order valence-corrected chi connectivity index (χ3v) is 4.79. The van der Waals surface area contributed by atoms with Gasteiger partial charge in [0.15, 0.2) is 0 Å². The van der Waals surface area contributed by atoms with Gasteiger partial charge in [0.25, 0.3) is 0 Å². The van der Waals surface area contributed by atoms with Crippen LogP contribution in [0.1, 0.15) is 78.1 Å². The van der Waals surface area contributed by atoms with Crippen molar-refractivity contribution in [3.8, 4) is 0 Å². The summed E-state index contributed by atoms with van der Waals surface area (Å²) < 4.78 is 20.5. The number of unbranched alkanes of at least 4 members (excludes halogenated alkanes) is 6. The van der Waals surface area contributed by atoms with Crippen molar-refractivity contribution in [1.29, 1.82) is 0 Å². The quantitative estimate of drug-likeness (QED) is 0.132. The summed E-state index contributed by atoms with van der Waals surface area (Å²) in [5.41, 5.74) is -1.44. The summed E-state index contributed by atoms with van der Waals surface area (Å²) in [5, 5.41) is 18.8. The van der Waals surface area contributed by atoms with Crippen molar-refractivity contribution in [2.75, 3.05) is 39.6 Å². The Balaban J connectivity index is 4.52. The van der Waals surface area contributed by atoms with Crippen molar-refractivity contribution in [1.82, 2.24) is 0 Å². The van der Waals surface area contributed by atoms with E-state index in [0.717, 1.165) is 51.4 Å². The molecular formula is C24H40O10. The van der Waals surface area contributed by atoms with E-state index in [1.54, 1.807) is 0 Å². The van der Waals surface area contributed by atoms with Gasteiger partial charge in [-0.25, -0.2) is 9.59 Å². The van der Waals surface area contributed by atoms with Gasteiger partial charge in [-0.3, -0.25) is 9.59 Å². The Bertz CT molecular complexity index is 588. The highest BCUT2D eigenvalue weighted by Crippen LogP contribution is 2.16. The molecule has 0 rings (SSSR count). The average Bonchev–Trinajstić information content (AvgIpc) is 2.79. The van der Waals surface area contributed by atoms with E-state index >= 15 is 0 Å². The molecule has 0 fully saturated rings. The molecule has 0 aliphatic carbocycles. The van der Waals surface area contributed by atoms with E-state index in [0.29, 0.717) is 13.2 Å². The lowest BCUT2D eigenvalue weighted by Gasteiger charge is -2.10. The van der Waals surface area contributed by atoms with Gasteiger partial charge in [0.1, 0.15) is 13.2 Å². The van der Waals surface area contributed by atoms with Crippen LogP contribution in [0.2, 0.25) is 0 Å². The Kier molecular flexibility index (Phi) is 19.6. The second-order valence-corrected chi connectivity index (χ2v) is 7.71. The Morgan fingerprint density at radius 2 is 0.912 bits per heavy atom. The van der Waals surface area contributed by atoms with Crippen LogP contribution in [-0.2, 0) is 38.1 Å². The normalized spacial score (nSPS) is 11.6. The lowest BCUT2D eigenvalue weighted by molar-refractivity contribution is -0.147. The maximum absolute atomic E-state index is 12.0. The third-order valence-electron chi connectivity index (χ3n) is 4.79. The lowest BCUT2D eigenvalue weighted by atomic mass is 10.0. The van der Waals surface area contributed by atoms with E-state index < -0.39 is 47.9 Å². The van der Waals surface area contributed by atoms with Crippen LogP contribution in [0, 0.1) is 0 Å². The molecule has 0 saturated carbocycles. The number of carbonyl (C=O) groups is 4. The Hall–Kier alpha value is -2.46. The van der Waals surface area contributed by atoms with Gasteiger partial charge in [-0.05, 0) is 12.8 Å². The monoisotopic (exact) mass is 488 g/mol. The molecule has 0 amide bonds. The van der Waals surface area contributed by atoms with Crippen molar-refractivity contribution in [2.45, 2.75) is 78.1 Å². The van der Waals surface area contributed by atoms with Gasteiger partial charge in [-0.15, -0.1) is 0 Å². The smallest absolute Gasteiger partial charge is 0.332 e. The SMILES string of the molecule is CCCCCCOCCOC(=O)CC(C(=O)O)=C(CC(=O)OCCOCCCCCC)C(=O)O. The fraction of sp³-hybridized carbons (Fsp3) is 0.750. The highest BCUT2D eigenvalue weighted by molar-refractivity contribution is 6.04. The Morgan fingerprint density at radius 1 is 0.529 bits per heavy atom. The number of esters is 2. The van der Waals surface area contributed by atoms with Crippen molar-refractivity contribution in [3.05, 3.63) is 11.1 Å². The molecule has 0 aliphatic rings. The fourth-order valence-corrected chi connectivity index (χ4v) is 2.91. The summed E-state index contributed by atoms with van der Waals surface area (Å²) >= 11 is 0. The van der Waals surface area contributed by atoms with Gasteiger partial charge in [-0.1, -0.05) is 52.4 Å². The van der Waals surface area contributed by atoms with E-state index in [1.165, 1.54) is 0 Å². The molecule has 10 nitrogen and oxygen atoms in total. The molecule has 0 aliphatic heterocycles. The molecule has 0 spiro atoms. The van der Waals surface area contributed by atoms with Crippen LogP contribution < -0.4 is 0 Å². The van der Waals surface area contributed by atoms with Crippen LogP contribution in [0.25, 0.3) is 0 Å². The van der Waals surface area contributed by atoms with Crippen molar-refractivity contribution < 1.29 is 48.3 Å². The van der Waals surface area contributed by atoms with Gasteiger partial charge in [-0.2, -0.15) is 0 Å². The molecule has 2 N–H and O–H groups in total. The maximum atomic E-state index is 12.0. The first kappa shape index (κ1) is 31.5. The molecule has 0 radical (unpaired) electrons. The van der Waals surface area contributed by atoms with Crippen molar-refractivity contribution in [2.24, 2.45) is 0 Å². The van der Waals surface area contributed by atoms with E-state index in [-0.39, 0.29) is 26.4 Å². The summed E-state index contributed by atoms with van der Waals surface area (Å²) in [7, 11) is 0. The van der Waals surface area contributed by atoms with Crippen LogP contribution in [-0.4, -0.2) is 73.7 Å². The van der Waals surface area contributed by atoms with Crippen LogP contribution in [0.15, 0.2) is 11.1 Å². The molecule has 34 heavy (non-hydrogen) atoms. The number of hydrogen-bond donors (Lipinski definition) is 2. The van der Waals surface area contributed by atoms with Gasteiger partial charge in [0.05, 0.1) is 37.2 Å². The third kappa shape index (κ3) is 17.1. The number of carboxylic acids is 2. The van der Waals surface area contributed by atoms with Crippen LogP contribution in [0.3, 0.4) is 0 Å². The number of carbonyl (C=O) groups excluding carboxylic acids is 2. The molecule has 0 bridgehead atoms. The highest BCUT2D eigenvalue weighted by atomic mass is 16.6. The summed E-state index contributed by atoms with van der Waals surface area (Å²) in [6.45, 7) is 5.42. The number of hydrogen-bond acceptors (Lipinski definition) is 8. The molecule has 0 aromatic heterocycles. The van der Waals surface area contributed by atoms with Crippen molar-refractivity contribution >= 4 is 23.9 Å². The first-order valence-electron chi connectivity index (χ1n) is 12.0. The van der Waals surface area contributed by atoms with Gasteiger partial charge in [0, 0.05) is 13.2 Å². The molecular weight excluding hydrogens is 448 g/mol. The van der Waals surface area contributed by atoms with E-state index in [9.17, 15) is 29.4 Å². The predicted molar refractivity (Wildman–Crippen MR) is 123 cm³/mol. The number of carboxylic acid groups (broad SMARTS) is 2.